The molecule has 0 saturated carbocycles. The molecule has 0 aliphatic heterocycles. The van der Waals surface area contributed by atoms with Gasteiger partial charge in [-0.2, -0.15) is 0 Å². The molecule has 0 fully saturated rings. The molecule has 1 N–H and O–H groups in total. The Morgan fingerprint density at radius 1 is 1.33 bits per heavy atom. The Bertz CT molecular complexity index is 653. The Kier molecular flexibility index (Phi) is 5.30. The van der Waals surface area contributed by atoms with Gasteiger partial charge in [-0.05, 0) is 50.3 Å². The molecule has 0 aromatic heterocycles. The van der Waals surface area contributed by atoms with Crippen LogP contribution in [0.4, 0.5) is 0 Å². The van der Waals surface area contributed by atoms with E-state index in [1.165, 1.54) is 19.6 Å². The van der Waals surface area contributed by atoms with Crippen molar-refractivity contribution in [3.8, 4) is 5.75 Å². The molecular formula is C15H20ClNO3S. The van der Waals surface area contributed by atoms with Gasteiger partial charge in [-0.3, -0.25) is 0 Å². The summed E-state index contributed by atoms with van der Waals surface area (Å²) in [4.78, 5) is 0.0806. The van der Waals surface area contributed by atoms with Crippen molar-refractivity contribution in [3.05, 3.63) is 34.4 Å². The minimum Gasteiger partial charge on any atom is -0.495 e. The summed E-state index contributed by atoms with van der Waals surface area (Å²) >= 11 is 6.04. The van der Waals surface area contributed by atoms with E-state index >= 15 is 0 Å². The van der Waals surface area contributed by atoms with E-state index in [0.29, 0.717) is 17.3 Å². The van der Waals surface area contributed by atoms with Gasteiger partial charge in [0.15, 0.2) is 0 Å². The lowest BCUT2D eigenvalue weighted by Gasteiger charge is -2.15. The predicted octanol–water partition coefficient (Wildman–Crippen LogP) is 3.44. The number of halogens is 1. The summed E-state index contributed by atoms with van der Waals surface area (Å²) in [6.45, 7) is 2.15. The van der Waals surface area contributed by atoms with Crippen LogP contribution in [0, 0.1) is 6.92 Å². The summed E-state index contributed by atoms with van der Waals surface area (Å²) < 4.78 is 32.7. The minimum atomic E-state index is -3.64. The van der Waals surface area contributed by atoms with Crippen molar-refractivity contribution >= 4 is 21.6 Å². The second-order valence-corrected chi connectivity index (χ2v) is 7.33. The molecule has 4 nitrogen and oxygen atoms in total. The first-order chi connectivity index (χ1) is 9.94. The van der Waals surface area contributed by atoms with Crippen molar-refractivity contribution in [3.63, 3.8) is 0 Å². The first-order valence-electron chi connectivity index (χ1n) is 6.96. The van der Waals surface area contributed by atoms with E-state index in [1.807, 2.05) is 6.92 Å². The molecule has 1 aromatic carbocycles. The molecule has 0 bridgehead atoms. The second-order valence-electron chi connectivity index (χ2n) is 5.18. The van der Waals surface area contributed by atoms with Crippen LogP contribution in [-0.2, 0) is 10.0 Å². The van der Waals surface area contributed by atoms with Crippen LogP contribution in [0.3, 0.4) is 0 Å². The number of allylic oxidation sites excluding steroid dienone is 1. The summed E-state index contributed by atoms with van der Waals surface area (Å²) in [6.07, 6.45) is 6.39. The van der Waals surface area contributed by atoms with Crippen LogP contribution in [0.5, 0.6) is 5.75 Å². The maximum Gasteiger partial charge on any atom is 0.244 e. The highest BCUT2D eigenvalue weighted by Crippen LogP contribution is 2.30. The van der Waals surface area contributed by atoms with E-state index in [2.05, 4.69) is 10.8 Å². The molecule has 0 heterocycles. The fraction of sp³-hybridized carbons (Fsp3) is 0.467. The number of nitrogens with one attached hydrogen (secondary N) is 1. The first kappa shape index (κ1) is 16.3. The Morgan fingerprint density at radius 2 is 2.10 bits per heavy atom. The van der Waals surface area contributed by atoms with Gasteiger partial charge in [-0.25, -0.2) is 13.1 Å². The number of aryl methyl sites for hydroxylation is 1. The van der Waals surface area contributed by atoms with Crippen molar-refractivity contribution in [1.82, 2.24) is 4.72 Å². The number of ether oxygens (including phenoxy) is 1. The number of methoxy groups -OCH3 is 1. The van der Waals surface area contributed by atoms with E-state index in [0.717, 1.165) is 30.4 Å². The minimum absolute atomic E-state index is 0.0806. The van der Waals surface area contributed by atoms with Crippen LogP contribution in [0.1, 0.15) is 31.2 Å². The lowest BCUT2D eigenvalue weighted by Crippen LogP contribution is -2.26. The number of hydrogen-bond donors (Lipinski definition) is 1. The number of benzene rings is 1. The molecular weight excluding hydrogens is 310 g/mol. The van der Waals surface area contributed by atoms with E-state index < -0.39 is 10.0 Å². The van der Waals surface area contributed by atoms with Crippen molar-refractivity contribution in [1.29, 1.82) is 0 Å². The van der Waals surface area contributed by atoms with Crippen LogP contribution in [-0.4, -0.2) is 22.1 Å². The fourth-order valence-electron chi connectivity index (χ4n) is 2.34. The van der Waals surface area contributed by atoms with Gasteiger partial charge in [0.2, 0.25) is 10.0 Å². The zero-order valence-corrected chi connectivity index (χ0v) is 13.9. The molecule has 21 heavy (non-hydrogen) atoms. The summed E-state index contributed by atoms with van der Waals surface area (Å²) in [5, 5.41) is 0.410. The quantitative estimate of drug-likeness (QED) is 0.842. The van der Waals surface area contributed by atoms with Crippen molar-refractivity contribution in [2.45, 2.75) is 37.5 Å². The highest BCUT2D eigenvalue weighted by molar-refractivity contribution is 7.89. The molecule has 6 heteroatoms. The van der Waals surface area contributed by atoms with E-state index in [4.69, 9.17) is 16.3 Å². The Hall–Kier alpha value is -1.04. The maximum absolute atomic E-state index is 12.4. The molecule has 0 unspecified atom stereocenters. The standard InChI is InChI=1S/C15H20ClNO3S/c1-11-8-14(20-2)15(9-13(11)16)21(18,19)17-10-12-6-4-3-5-7-12/h6,8-9,17H,3-5,7,10H2,1-2H3. The Labute approximate surface area is 131 Å². The predicted molar refractivity (Wildman–Crippen MR) is 84.5 cm³/mol. The molecule has 0 spiro atoms. The summed E-state index contributed by atoms with van der Waals surface area (Å²) in [7, 11) is -2.19. The molecule has 0 radical (unpaired) electrons. The van der Waals surface area contributed by atoms with Gasteiger partial charge in [-0.1, -0.05) is 23.3 Å². The topological polar surface area (TPSA) is 55.4 Å². The number of sulfonamides is 1. The van der Waals surface area contributed by atoms with Crippen LogP contribution in [0.15, 0.2) is 28.7 Å². The molecule has 0 amide bonds. The molecule has 1 aliphatic carbocycles. The van der Waals surface area contributed by atoms with Crippen molar-refractivity contribution in [2.75, 3.05) is 13.7 Å². The lowest BCUT2D eigenvalue weighted by atomic mass is 10.0. The average molecular weight is 330 g/mol. The molecule has 0 saturated heterocycles. The summed E-state index contributed by atoms with van der Waals surface area (Å²) in [6, 6.07) is 3.07. The van der Waals surface area contributed by atoms with Gasteiger partial charge < -0.3 is 4.74 Å². The Morgan fingerprint density at radius 3 is 2.71 bits per heavy atom. The SMILES string of the molecule is COc1cc(C)c(Cl)cc1S(=O)(=O)NCC1=CCCCC1. The third-order valence-electron chi connectivity index (χ3n) is 3.61. The lowest BCUT2D eigenvalue weighted by molar-refractivity contribution is 0.402. The van der Waals surface area contributed by atoms with Gasteiger partial charge in [0.05, 0.1) is 7.11 Å². The van der Waals surface area contributed by atoms with Crippen LogP contribution < -0.4 is 9.46 Å². The normalized spacial score (nSPS) is 15.7. The first-order valence-corrected chi connectivity index (χ1v) is 8.82. The Balaban J connectivity index is 2.22. The second kappa shape index (κ2) is 6.81. The third kappa shape index (κ3) is 3.99. The van der Waals surface area contributed by atoms with Crippen molar-refractivity contribution < 1.29 is 13.2 Å². The van der Waals surface area contributed by atoms with Crippen LogP contribution in [0.2, 0.25) is 5.02 Å². The van der Waals surface area contributed by atoms with Gasteiger partial charge in [0, 0.05) is 11.6 Å². The van der Waals surface area contributed by atoms with Crippen molar-refractivity contribution in [2.24, 2.45) is 0 Å². The van der Waals surface area contributed by atoms with Gasteiger partial charge in [0.25, 0.3) is 0 Å². The molecule has 2 rings (SSSR count). The fourth-order valence-corrected chi connectivity index (χ4v) is 3.78. The monoisotopic (exact) mass is 329 g/mol. The summed E-state index contributed by atoms with van der Waals surface area (Å²) in [5.74, 6) is 0.307. The van der Waals surface area contributed by atoms with Crippen LogP contribution >= 0.6 is 11.6 Å². The molecule has 116 valence electrons. The maximum atomic E-state index is 12.4. The average Bonchev–Trinajstić information content (AvgIpc) is 2.48. The molecule has 0 atom stereocenters. The van der Waals surface area contributed by atoms with E-state index in [9.17, 15) is 8.42 Å². The highest BCUT2D eigenvalue weighted by atomic mass is 35.5. The summed E-state index contributed by atoms with van der Waals surface area (Å²) in [5.41, 5.74) is 1.92. The highest BCUT2D eigenvalue weighted by Gasteiger charge is 2.21. The zero-order chi connectivity index (χ0) is 15.5. The number of hydrogen-bond acceptors (Lipinski definition) is 3. The number of rotatable bonds is 5. The van der Waals surface area contributed by atoms with Gasteiger partial charge >= 0.3 is 0 Å². The zero-order valence-electron chi connectivity index (χ0n) is 12.3. The molecule has 1 aromatic rings. The van der Waals surface area contributed by atoms with E-state index in [-0.39, 0.29) is 4.90 Å². The third-order valence-corrected chi connectivity index (χ3v) is 5.44. The van der Waals surface area contributed by atoms with E-state index in [1.54, 1.807) is 6.07 Å². The molecule has 1 aliphatic rings. The smallest absolute Gasteiger partial charge is 0.244 e. The largest absolute Gasteiger partial charge is 0.495 e. The van der Waals surface area contributed by atoms with Gasteiger partial charge in [-0.15, -0.1) is 0 Å². The van der Waals surface area contributed by atoms with Crippen LogP contribution in [0.25, 0.3) is 0 Å². The van der Waals surface area contributed by atoms with Gasteiger partial charge in [0.1, 0.15) is 10.6 Å².